The number of ether oxygens (including phenoxy) is 1. The Balaban J connectivity index is 4.05. The van der Waals surface area contributed by atoms with Crippen molar-refractivity contribution in [2.45, 2.75) is 26.4 Å². The van der Waals surface area contributed by atoms with Crippen molar-refractivity contribution in [3.8, 4) is 0 Å². The fourth-order valence-corrected chi connectivity index (χ4v) is 0.839. The fourth-order valence-electron chi connectivity index (χ4n) is 0.839. The Morgan fingerprint density at radius 2 is 2.00 bits per heavy atom. The third-order valence-electron chi connectivity index (χ3n) is 1.43. The monoisotopic (exact) mass is 209 g/mol. The second-order valence-electron chi connectivity index (χ2n) is 4.04. The van der Waals surface area contributed by atoms with Gasteiger partial charge in [0.05, 0.1) is 0 Å². The molecule has 15 heavy (non-hydrogen) atoms. The van der Waals surface area contributed by atoms with Gasteiger partial charge in [-0.25, -0.2) is 4.79 Å². The van der Waals surface area contributed by atoms with Crippen molar-refractivity contribution in [1.29, 1.82) is 0 Å². The molecule has 84 valence electrons. The highest BCUT2D eigenvalue weighted by atomic mass is 16.6. The Morgan fingerprint density at radius 1 is 1.40 bits per heavy atom. The first kappa shape index (κ1) is 13.5. The maximum atomic E-state index is 11.3. The van der Waals surface area contributed by atoms with Crippen molar-refractivity contribution < 1.29 is 9.53 Å². The Morgan fingerprint density at radius 3 is 2.40 bits per heavy atom. The molecule has 0 atom stereocenters. The van der Waals surface area contributed by atoms with Crippen LogP contribution >= 0.6 is 0 Å². The van der Waals surface area contributed by atoms with Crippen LogP contribution in [0.3, 0.4) is 0 Å². The SMILES string of the molecule is C=CC=C(C=C)CNC(=O)OC(C)(C)C. The topological polar surface area (TPSA) is 38.3 Å². The van der Waals surface area contributed by atoms with Gasteiger partial charge in [0.1, 0.15) is 5.60 Å². The minimum atomic E-state index is -0.472. The van der Waals surface area contributed by atoms with Gasteiger partial charge in [-0.15, -0.1) is 0 Å². The van der Waals surface area contributed by atoms with Gasteiger partial charge in [-0.3, -0.25) is 0 Å². The van der Waals surface area contributed by atoms with E-state index >= 15 is 0 Å². The Kier molecular flexibility index (Phi) is 5.45. The van der Waals surface area contributed by atoms with Crippen molar-refractivity contribution in [2.24, 2.45) is 0 Å². The largest absolute Gasteiger partial charge is 0.444 e. The standard InChI is InChI=1S/C12H19NO2/c1-6-8-10(7-2)9-13-11(14)15-12(3,4)5/h6-8H,1-2,9H2,3-5H3,(H,13,14). The molecule has 0 aliphatic carbocycles. The average Bonchev–Trinajstić information content (AvgIpc) is 2.09. The minimum absolute atomic E-state index is 0.393. The fraction of sp³-hybridized carbons (Fsp3) is 0.417. The number of allylic oxidation sites excluding steroid dienone is 2. The normalized spacial score (nSPS) is 11.8. The van der Waals surface area contributed by atoms with E-state index in [1.165, 1.54) is 0 Å². The number of rotatable bonds is 4. The Labute approximate surface area is 91.5 Å². The van der Waals surface area contributed by atoms with Crippen LogP contribution in [0.4, 0.5) is 4.79 Å². The zero-order chi connectivity index (χ0) is 11.9. The molecule has 1 amide bonds. The van der Waals surface area contributed by atoms with E-state index in [-0.39, 0.29) is 0 Å². The van der Waals surface area contributed by atoms with Crippen molar-refractivity contribution in [3.05, 3.63) is 37.0 Å². The first-order valence-corrected chi connectivity index (χ1v) is 4.80. The summed E-state index contributed by atoms with van der Waals surface area (Å²) in [7, 11) is 0. The summed E-state index contributed by atoms with van der Waals surface area (Å²) in [6.07, 6.45) is 4.66. The summed E-state index contributed by atoms with van der Waals surface area (Å²) >= 11 is 0. The second-order valence-corrected chi connectivity index (χ2v) is 4.04. The van der Waals surface area contributed by atoms with Crippen molar-refractivity contribution in [3.63, 3.8) is 0 Å². The molecule has 0 aromatic rings. The summed E-state index contributed by atoms with van der Waals surface area (Å²) in [4.78, 5) is 11.3. The van der Waals surface area contributed by atoms with E-state index < -0.39 is 11.7 Å². The molecule has 0 radical (unpaired) electrons. The van der Waals surface area contributed by atoms with Crippen LogP contribution in [0.2, 0.25) is 0 Å². The minimum Gasteiger partial charge on any atom is -0.444 e. The van der Waals surface area contributed by atoms with Crippen LogP contribution in [0, 0.1) is 0 Å². The summed E-state index contributed by atoms with van der Waals surface area (Å²) < 4.78 is 5.07. The molecule has 3 nitrogen and oxygen atoms in total. The summed E-state index contributed by atoms with van der Waals surface area (Å²) in [5.74, 6) is 0. The molecule has 0 fully saturated rings. The van der Waals surface area contributed by atoms with E-state index in [0.717, 1.165) is 5.57 Å². The van der Waals surface area contributed by atoms with Gasteiger partial charge in [0.25, 0.3) is 0 Å². The molecule has 0 saturated heterocycles. The van der Waals surface area contributed by atoms with Gasteiger partial charge in [-0.2, -0.15) is 0 Å². The van der Waals surface area contributed by atoms with Crippen molar-refractivity contribution in [2.75, 3.05) is 6.54 Å². The first-order chi connectivity index (χ1) is 6.89. The summed E-state index contributed by atoms with van der Waals surface area (Å²) in [5, 5.41) is 2.63. The van der Waals surface area contributed by atoms with Crippen LogP contribution < -0.4 is 5.32 Å². The number of carbonyl (C=O) groups is 1. The van der Waals surface area contributed by atoms with E-state index in [2.05, 4.69) is 18.5 Å². The zero-order valence-corrected chi connectivity index (χ0v) is 9.67. The lowest BCUT2D eigenvalue weighted by Gasteiger charge is -2.19. The van der Waals surface area contributed by atoms with Gasteiger partial charge >= 0.3 is 6.09 Å². The van der Waals surface area contributed by atoms with Gasteiger partial charge in [0, 0.05) is 6.54 Å². The lowest BCUT2D eigenvalue weighted by atomic mass is 10.2. The van der Waals surface area contributed by atoms with Crippen LogP contribution in [-0.2, 0) is 4.74 Å². The van der Waals surface area contributed by atoms with E-state index in [1.807, 2.05) is 20.8 Å². The van der Waals surface area contributed by atoms with Gasteiger partial charge in [0.2, 0.25) is 0 Å². The van der Waals surface area contributed by atoms with Gasteiger partial charge in [-0.1, -0.05) is 31.4 Å². The van der Waals surface area contributed by atoms with Crippen LogP contribution in [0.15, 0.2) is 37.0 Å². The molecule has 0 rings (SSSR count). The van der Waals surface area contributed by atoms with Crippen molar-refractivity contribution in [1.82, 2.24) is 5.32 Å². The number of nitrogens with one attached hydrogen (secondary N) is 1. The molecular weight excluding hydrogens is 190 g/mol. The number of hydrogen-bond donors (Lipinski definition) is 1. The number of alkyl carbamates (subject to hydrolysis) is 1. The quantitative estimate of drug-likeness (QED) is 0.723. The van der Waals surface area contributed by atoms with Crippen molar-refractivity contribution >= 4 is 6.09 Å². The van der Waals surface area contributed by atoms with E-state index in [9.17, 15) is 4.79 Å². The second kappa shape index (κ2) is 6.06. The van der Waals surface area contributed by atoms with Crippen LogP contribution in [0.1, 0.15) is 20.8 Å². The molecular formula is C12H19NO2. The third kappa shape index (κ3) is 7.55. The van der Waals surface area contributed by atoms with Crippen LogP contribution in [0.25, 0.3) is 0 Å². The highest BCUT2D eigenvalue weighted by Crippen LogP contribution is 2.06. The molecule has 0 saturated carbocycles. The lowest BCUT2D eigenvalue weighted by Crippen LogP contribution is -2.33. The van der Waals surface area contributed by atoms with Gasteiger partial charge in [0.15, 0.2) is 0 Å². The van der Waals surface area contributed by atoms with Crippen LogP contribution in [0.5, 0.6) is 0 Å². The Bertz CT molecular complexity index is 272. The number of amides is 1. The molecule has 0 aliphatic heterocycles. The van der Waals surface area contributed by atoms with E-state index in [4.69, 9.17) is 4.74 Å². The Hall–Kier alpha value is -1.51. The molecule has 1 N–H and O–H groups in total. The summed E-state index contributed by atoms with van der Waals surface area (Å²) in [6, 6.07) is 0. The van der Waals surface area contributed by atoms with Gasteiger partial charge in [-0.05, 0) is 26.3 Å². The average molecular weight is 209 g/mol. The van der Waals surface area contributed by atoms with E-state index in [0.29, 0.717) is 6.54 Å². The highest BCUT2D eigenvalue weighted by Gasteiger charge is 2.15. The third-order valence-corrected chi connectivity index (χ3v) is 1.43. The van der Waals surface area contributed by atoms with E-state index in [1.54, 1.807) is 18.2 Å². The predicted molar refractivity (Wildman–Crippen MR) is 62.7 cm³/mol. The molecule has 0 aliphatic rings. The maximum absolute atomic E-state index is 11.3. The predicted octanol–water partition coefficient (Wildman–Crippen LogP) is 2.81. The number of hydrogen-bond acceptors (Lipinski definition) is 2. The molecule has 0 heterocycles. The first-order valence-electron chi connectivity index (χ1n) is 4.80. The smallest absolute Gasteiger partial charge is 0.407 e. The lowest BCUT2D eigenvalue weighted by molar-refractivity contribution is 0.0533. The highest BCUT2D eigenvalue weighted by molar-refractivity contribution is 5.68. The zero-order valence-electron chi connectivity index (χ0n) is 9.67. The molecule has 0 bridgehead atoms. The molecule has 0 unspecified atom stereocenters. The summed E-state index contributed by atoms with van der Waals surface area (Å²) in [5.41, 5.74) is 0.413. The number of carbonyl (C=O) groups excluding carboxylic acids is 1. The van der Waals surface area contributed by atoms with Crippen LogP contribution in [-0.4, -0.2) is 18.2 Å². The molecule has 0 spiro atoms. The molecule has 3 heteroatoms. The maximum Gasteiger partial charge on any atom is 0.407 e. The molecule has 0 aromatic heterocycles. The summed E-state index contributed by atoms with van der Waals surface area (Å²) in [6.45, 7) is 13.0. The molecule has 0 aromatic carbocycles. The van der Waals surface area contributed by atoms with Gasteiger partial charge < -0.3 is 10.1 Å².